The topological polar surface area (TPSA) is 167 Å². The molecule has 0 radical (unpaired) electrons. The maximum absolute atomic E-state index is 13.7. The highest BCUT2D eigenvalue weighted by Crippen LogP contribution is 2.20. The van der Waals surface area contributed by atoms with Crippen molar-refractivity contribution in [1.82, 2.24) is 20.9 Å². The number of ether oxygens (including phenoxy) is 1. The molecular formula is C31H38N4O7. The molecule has 11 heteroatoms. The first-order chi connectivity index (χ1) is 20.0. The number of allylic oxidation sites excluding steroid dienone is 3. The Kier molecular flexibility index (Phi) is 11.4. The standard InChI is InChI=1S/C31H38N4O7/c1-5-11-20(6-2)16-22-27(37)18(3)28(38)34-23(17-21-12-8-7-9-13-21)31(41)42-19(4)25(29(39)33-22)35-30(40)26-24(36)14-10-15-32-26/h5-15,18-19,22-23,25,27,36-37H,16-17H2,1-4H3,(H,33,39)(H,34,38)(H,35,40). The van der Waals surface area contributed by atoms with Crippen molar-refractivity contribution in [2.24, 2.45) is 5.92 Å². The molecule has 1 aliphatic heterocycles. The molecule has 1 saturated heterocycles. The average molecular weight is 579 g/mol. The molecule has 5 N–H and O–H groups in total. The molecule has 1 aromatic carbocycles. The Hall–Kier alpha value is -4.51. The first-order valence-corrected chi connectivity index (χ1v) is 13.8. The number of nitrogens with one attached hydrogen (secondary N) is 3. The summed E-state index contributed by atoms with van der Waals surface area (Å²) in [4.78, 5) is 57.3. The number of pyridine rings is 1. The van der Waals surface area contributed by atoms with Crippen LogP contribution in [0.5, 0.6) is 5.75 Å². The van der Waals surface area contributed by atoms with Crippen molar-refractivity contribution in [2.75, 3.05) is 0 Å². The predicted octanol–water partition coefficient (Wildman–Crippen LogP) is 1.95. The van der Waals surface area contributed by atoms with Gasteiger partial charge >= 0.3 is 5.97 Å². The zero-order valence-electron chi connectivity index (χ0n) is 24.1. The number of esters is 1. The molecule has 0 aliphatic carbocycles. The molecule has 11 nitrogen and oxygen atoms in total. The van der Waals surface area contributed by atoms with Gasteiger partial charge in [-0.25, -0.2) is 9.78 Å². The SMILES string of the molecule is CC=CC(=CC)CC1NC(=O)C(NC(=O)c2ncccc2O)C(C)OC(=O)C(Cc2ccccc2)NC(=O)C(C)C1O. The lowest BCUT2D eigenvalue weighted by atomic mass is 9.91. The average Bonchev–Trinajstić information content (AvgIpc) is 2.97. The van der Waals surface area contributed by atoms with Crippen LogP contribution in [0.3, 0.4) is 0 Å². The molecule has 6 unspecified atom stereocenters. The number of nitrogens with zero attached hydrogens (tertiary/aromatic N) is 1. The first-order valence-electron chi connectivity index (χ1n) is 13.8. The molecule has 0 saturated carbocycles. The lowest BCUT2D eigenvalue weighted by molar-refractivity contribution is -0.156. The number of rotatable bonds is 7. The highest BCUT2D eigenvalue weighted by atomic mass is 16.5. The van der Waals surface area contributed by atoms with Crippen LogP contribution in [0.15, 0.2) is 72.5 Å². The van der Waals surface area contributed by atoms with E-state index in [0.717, 1.165) is 11.1 Å². The summed E-state index contributed by atoms with van der Waals surface area (Å²) in [6, 6.07) is 8.20. The van der Waals surface area contributed by atoms with Gasteiger partial charge in [-0.2, -0.15) is 0 Å². The van der Waals surface area contributed by atoms with Crippen LogP contribution in [0.25, 0.3) is 0 Å². The summed E-state index contributed by atoms with van der Waals surface area (Å²) in [6.07, 6.45) is 4.47. The minimum atomic E-state index is -1.43. The second-order valence-electron chi connectivity index (χ2n) is 10.2. The Labute approximate surface area is 245 Å². The van der Waals surface area contributed by atoms with E-state index in [1.54, 1.807) is 24.3 Å². The highest BCUT2D eigenvalue weighted by Gasteiger charge is 2.39. The van der Waals surface area contributed by atoms with Crippen LogP contribution in [0.2, 0.25) is 0 Å². The zero-order valence-corrected chi connectivity index (χ0v) is 24.1. The summed E-state index contributed by atoms with van der Waals surface area (Å²) in [5.41, 5.74) is 1.23. The van der Waals surface area contributed by atoms with Crippen LogP contribution in [-0.4, -0.2) is 69.2 Å². The Balaban J connectivity index is 2.02. The van der Waals surface area contributed by atoms with Gasteiger partial charge in [0.1, 0.15) is 23.9 Å². The van der Waals surface area contributed by atoms with Crippen LogP contribution in [-0.2, 0) is 25.5 Å². The number of hydrogen-bond donors (Lipinski definition) is 5. The molecule has 1 fully saturated rings. The van der Waals surface area contributed by atoms with Gasteiger partial charge in [0.15, 0.2) is 5.69 Å². The second-order valence-corrected chi connectivity index (χ2v) is 10.2. The van der Waals surface area contributed by atoms with Crippen LogP contribution >= 0.6 is 0 Å². The van der Waals surface area contributed by atoms with E-state index in [4.69, 9.17) is 4.74 Å². The lowest BCUT2D eigenvalue weighted by Crippen LogP contribution is -2.60. The number of benzene rings is 1. The van der Waals surface area contributed by atoms with E-state index in [9.17, 15) is 29.4 Å². The lowest BCUT2D eigenvalue weighted by Gasteiger charge is -2.33. The third-order valence-corrected chi connectivity index (χ3v) is 7.10. The Morgan fingerprint density at radius 3 is 2.40 bits per heavy atom. The van der Waals surface area contributed by atoms with Gasteiger partial charge in [0.2, 0.25) is 11.8 Å². The van der Waals surface area contributed by atoms with Gasteiger partial charge < -0.3 is 30.9 Å². The second kappa shape index (κ2) is 14.9. The molecule has 1 aromatic heterocycles. The van der Waals surface area contributed by atoms with Gasteiger partial charge in [0, 0.05) is 12.6 Å². The summed E-state index contributed by atoms with van der Waals surface area (Å²) in [5, 5.41) is 29.4. The van der Waals surface area contributed by atoms with Crippen molar-refractivity contribution >= 4 is 23.7 Å². The molecule has 3 amide bonds. The maximum Gasteiger partial charge on any atom is 0.329 e. The van der Waals surface area contributed by atoms with Gasteiger partial charge in [0.25, 0.3) is 5.91 Å². The third-order valence-electron chi connectivity index (χ3n) is 7.10. The van der Waals surface area contributed by atoms with Crippen LogP contribution in [0.4, 0.5) is 0 Å². The van der Waals surface area contributed by atoms with Crippen LogP contribution in [0, 0.1) is 5.92 Å². The molecule has 0 spiro atoms. The van der Waals surface area contributed by atoms with Crippen molar-refractivity contribution in [3.05, 3.63) is 83.7 Å². The van der Waals surface area contributed by atoms with Gasteiger partial charge in [-0.3, -0.25) is 14.4 Å². The first kappa shape index (κ1) is 32.0. The van der Waals surface area contributed by atoms with E-state index in [1.807, 2.05) is 38.1 Å². The van der Waals surface area contributed by atoms with Crippen LogP contribution in [0.1, 0.15) is 50.2 Å². The minimum Gasteiger partial charge on any atom is -0.505 e. The van der Waals surface area contributed by atoms with Gasteiger partial charge in [0.05, 0.1) is 18.1 Å². The van der Waals surface area contributed by atoms with E-state index in [-0.39, 0.29) is 18.5 Å². The number of amides is 3. The summed E-state index contributed by atoms with van der Waals surface area (Å²) < 4.78 is 5.65. The number of carbonyl (C=O) groups excluding carboxylic acids is 4. The fourth-order valence-electron chi connectivity index (χ4n) is 4.64. The molecular weight excluding hydrogens is 540 g/mol. The number of aromatic nitrogens is 1. The number of aliphatic hydroxyl groups is 1. The quantitative estimate of drug-likeness (QED) is 0.246. The van der Waals surface area contributed by atoms with E-state index in [2.05, 4.69) is 20.9 Å². The Morgan fingerprint density at radius 2 is 1.76 bits per heavy atom. The predicted molar refractivity (Wildman–Crippen MR) is 155 cm³/mol. The maximum atomic E-state index is 13.7. The van der Waals surface area contributed by atoms with Gasteiger partial charge in [-0.15, -0.1) is 0 Å². The largest absolute Gasteiger partial charge is 0.505 e. The molecule has 42 heavy (non-hydrogen) atoms. The van der Waals surface area contributed by atoms with Crippen molar-refractivity contribution in [1.29, 1.82) is 0 Å². The van der Waals surface area contributed by atoms with Crippen molar-refractivity contribution in [3.8, 4) is 5.75 Å². The van der Waals surface area contributed by atoms with E-state index in [0.29, 0.717) is 0 Å². The molecule has 1 aliphatic rings. The fourth-order valence-corrected chi connectivity index (χ4v) is 4.64. The number of carbonyl (C=O) groups is 4. The summed E-state index contributed by atoms with van der Waals surface area (Å²) in [6.45, 7) is 6.58. The Bertz CT molecular complexity index is 1330. The number of hydrogen-bond acceptors (Lipinski definition) is 8. The summed E-state index contributed by atoms with van der Waals surface area (Å²) in [7, 11) is 0. The third kappa shape index (κ3) is 8.26. The van der Waals surface area contributed by atoms with Crippen molar-refractivity contribution < 1.29 is 34.1 Å². The molecule has 224 valence electrons. The summed E-state index contributed by atoms with van der Waals surface area (Å²) >= 11 is 0. The van der Waals surface area contributed by atoms with E-state index >= 15 is 0 Å². The highest BCUT2D eigenvalue weighted by molar-refractivity contribution is 5.98. The normalized spacial score (nSPS) is 25.9. The smallest absolute Gasteiger partial charge is 0.329 e. The number of aliphatic hydroxyl groups excluding tert-OH is 1. The Morgan fingerprint density at radius 1 is 1.05 bits per heavy atom. The molecule has 6 atom stereocenters. The number of cyclic esters (lactones) is 1. The number of aromatic hydroxyl groups is 1. The van der Waals surface area contributed by atoms with Gasteiger partial charge in [-0.1, -0.05) is 61.1 Å². The summed E-state index contributed by atoms with van der Waals surface area (Å²) in [5.74, 6) is -4.46. The monoisotopic (exact) mass is 578 g/mol. The fraction of sp³-hybridized carbons (Fsp3) is 0.387. The molecule has 2 heterocycles. The molecule has 3 rings (SSSR count). The van der Waals surface area contributed by atoms with Crippen molar-refractivity contribution in [3.63, 3.8) is 0 Å². The van der Waals surface area contributed by atoms with Gasteiger partial charge in [-0.05, 0) is 44.9 Å². The van der Waals surface area contributed by atoms with E-state index in [1.165, 1.54) is 32.2 Å². The minimum absolute atomic E-state index is 0.0966. The van der Waals surface area contributed by atoms with Crippen molar-refractivity contribution in [2.45, 2.75) is 70.9 Å². The van der Waals surface area contributed by atoms with Crippen LogP contribution < -0.4 is 16.0 Å². The molecule has 0 bridgehead atoms. The van der Waals surface area contributed by atoms with E-state index < -0.39 is 65.7 Å². The zero-order chi connectivity index (χ0) is 30.8. The molecule has 2 aromatic rings.